The van der Waals surface area contributed by atoms with Crippen LogP contribution >= 0.6 is 11.3 Å². The third kappa shape index (κ3) is 4.28. The van der Waals surface area contributed by atoms with Gasteiger partial charge in [-0.15, -0.1) is 11.3 Å². The van der Waals surface area contributed by atoms with Gasteiger partial charge in [0.25, 0.3) is 0 Å². The summed E-state index contributed by atoms with van der Waals surface area (Å²) in [7, 11) is 0. The molecule has 0 spiro atoms. The average molecular weight is 393 g/mol. The predicted molar refractivity (Wildman–Crippen MR) is 96.1 cm³/mol. The lowest BCUT2D eigenvalue weighted by Crippen LogP contribution is -2.11. The number of carbonyl (C=O) groups is 1. The Morgan fingerprint density at radius 3 is 2.41 bits per heavy atom. The van der Waals surface area contributed by atoms with Crippen LogP contribution in [0, 0.1) is 6.92 Å². The van der Waals surface area contributed by atoms with E-state index in [-0.39, 0.29) is 16.3 Å². The van der Waals surface area contributed by atoms with Crippen molar-refractivity contribution < 1.29 is 28.2 Å². The molecule has 1 aromatic heterocycles. The van der Waals surface area contributed by atoms with Gasteiger partial charge in [-0.25, -0.2) is 9.78 Å². The fraction of sp³-hybridized carbons (Fsp3) is 0.158. The normalized spacial score (nSPS) is 11.6. The highest BCUT2D eigenvalue weighted by molar-refractivity contribution is 7.15. The number of hydrogen-bond donors (Lipinski definition) is 2. The zero-order valence-electron chi connectivity index (χ0n) is 14.0. The molecule has 0 unspecified atom stereocenters. The van der Waals surface area contributed by atoms with E-state index in [2.05, 4.69) is 4.98 Å². The maximum absolute atomic E-state index is 12.6. The summed E-state index contributed by atoms with van der Waals surface area (Å²) in [6, 6.07) is 11.3. The summed E-state index contributed by atoms with van der Waals surface area (Å²) < 4.78 is 37.8. The molecule has 1 heterocycles. The number of rotatable bonds is 4. The number of aromatic carboxylic acids is 1. The Kier molecular flexibility index (Phi) is 4.93. The van der Waals surface area contributed by atoms with Crippen LogP contribution in [0.1, 0.15) is 21.1 Å². The first kappa shape index (κ1) is 18.9. The van der Waals surface area contributed by atoms with Crippen LogP contribution in [-0.4, -0.2) is 27.3 Å². The van der Waals surface area contributed by atoms with Crippen molar-refractivity contribution in [3.05, 3.63) is 58.7 Å². The van der Waals surface area contributed by atoms with Crippen molar-refractivity contribution in [2.24, 2.45) is 0 Å². The standard InChI is InChI=1S/C19H14F3NO3S/c1-10-17(27-16(23-10)9-19(20,21)22)13-4-2-3-11(7-13)12-5-6-14(18(25)26)15(24)8-12/h2-8,24H,9H2,1H3,(H,25,26). The van der Waals surface area contributed by atoms with E-state index >= 15 is 0 Å². The molecular weight excluding hydrogens is 379 g/mol. The van der Waals surface area contributed by atoms with Crippen LogP contribution in [0.3, 0.4) is 0 Å². The maximum atomic E-state index is 12.6. The van der Waals surface area contributed by atoms with Crippen molar-refractivity contribution in [2.75, 3.05) is 0 Å². The predicted octanol–water partition coefficient (Wildman–Crippen LogP) is 5.29. The van der Waals surface area contributed by atoms with Gasteiger partial charge < -0.3 is 10.2 Å². The number of halogens is 3. The summed E-state index contributed by atoms with van der Waals surface area (Å²) in [6.45, 7) is 1.66. The molecule has 27 heavy (non-hydrogen) atoms. The first-order chi connectivity index (χ1) is 12.6. The second kappa shape index (κ2) is 7.03. The van der Waals surface area contributed by atoms with E-state index in [1.807, 2.05) is 0 Å². The van der Waals surface area contributed by atoms with Crippen LogP contribution in [0.25, 0.3) is 21.6 Å². The van der Waals surface area contributed by atoms with Crippen LogP contribution in [0.5, 0.6) is 5.75 Å². The molecule has 3 rings (SSSR count). The number of hydrogen-bond acceptors (Lipinski definition) is 4. The van der Waals surface area contributed by atoms with Gasteiger partial charge in [0.05, 0.1) is 17.0 Å². The van der Waals surface area contributed by atoms with E-state index < -0.39 is 18.6 Å². The van der Waals surface area contributed by atoms with E-state index in [0.717, 1.165) is 11.3 Å². The number of carboxylic acid groups (broad SMARTS) is 1. The third-order valence-electron chi connectivity index (χ3n) is 3.88. The number of carboxylic acids is 1. The zero-order chi connectivity index (χ0) is 19.8. The van der Waals surface area contributed by atoms with E-state index in [1.54, 1.807) is 37.3 Å². The van der Waals surface area contributed by atoms with Gasteiger partial charge in [-0.05, 0) is 41.8 Å². The Balaban J connectivity index is 1.97. The topological polar surface area (TPSA) is 70.4 Å². The van der Waals surface area contributed by atoms with Crippen molar-refractivity contribution in [3.63, 3.8) is 0 Å². The highest BCUT2D eigenvalue weighted by atomic mass is 32.1. The Bertz CT molecular complexity index is 1010. The molecule has 2 aromatic carbocycles. The molecule has 0 aliphatic carbocycles. The number of aryl methyl sites for hydroxylation is 1. The molecule has 0 aliphatic heterocycles. The molecular formula is C19H14F3NO3S. The second-order valence-corrected chi connectivity index (χ2v) is 7.02. The van der Waals surface area contributed by atoms with E-state index in [4.69, 9.17) is 5.11 Å². The summed E-state index contributed by atoms with van der Waals surface area (Å²) in [5.74, 6) is -1.59. The fourth-order valence-corrected chi connectivity index (χ4v) is 3.79. The molecule has 8 heteroatoms. The van der Waals surface area contributed by atoms with Gasteiger partial charge in [0.2, 0.25) is 0 Å². The number of phenols is 1. The summed E-state index contributed by atoms with van der Waals surface area (Å²) in [4.78, 5) is 15.7. The summed E-state index contributed by atoms with van der Waals surface area (Å²) in [5.41, 5.74) is 2.31. The number of benzene rings is 2. The van der Waals surface area contributed by atoms with Gasteiger partial charge in [-0.1, -0.05) is 24.3 Å². The van der Waals surface area contributed by atoms with Crippen molar-refractivity contribution in [1.29, 1.82) is 0 Å². The number of alkyl halides is 3. The first-order valence-corrected chi connectivity index (χ1v) is 8.66. The Morgan fingerprint density at radius 1 is 1.11 bits per heavy atom. The molecule has 140 valence electrons. The first-order valence-electron chi connectivity index (χ1n) is 7.84. The van der Waals surface area contributed by atoms with Crippen LogP contribution in [0.15, 0.2) is 42.5 Å². The van der Waals surface area contributed by atoms with Crippen molar-refractivity contribution in [2.45, 2.75) is 19.5 Å². The number of aromatic nitrogens is 1. The Morgan fingerprint density at radius 2 is 1.78 bits per heavy atom. The van der Waals surface area contributed by atoms with Crippen molar-refractivity contribution in [1.82, 2.24) is 4.98 Å². The van der Waals surface area contributed by atoms with Gasteiger partial charge in [0.1, 0.15) is 16.3 Å². The molecule has 4 nitrogen and oxygen atoms in total. The molecule has 0 saturated heterocycles. The minimum atomic E-state index is -4.31. The van der Waals surface area contributed by atoms with Gasteiger partial charge in [0, 0.05) is 0 Å². The number of nitrogens with zero attached hydrogens (tertiary/aromatic N) is 1. The molecule has 0 bridgehead atoms. The van der Waals surface area contributed by atoms with Gasteiger partial charge in [-0.3, -0.25) is 0 Å². The Labute approximate surface area is 156 Å². The largest absolute Gasteiger partial charge is 0.507 e. The molecule has 0 amide bonds. The minimum Gasteiger partial charge on any atom is -0.507 e. The molecule has 0 radical (unpaired) electrons. The Hall–Kier alpha value is -2.87. The monoisotopic (exact) mass is 393 g/mol. The minimum absolute atomic E-state index is 0.00357. The highest BCUT2D eigenvalue weighted by Crippen LogP contribution is 2.35. The summed E-state index contributed by atoms with van der Waals surface area (Å²) in [6.07, 6.45) is -5.38. The van der Waals surface area contributed by atoms with E-state index in [0.29, 0.717) is 27.3 Å². The van der Waals surface area contributed by atoms with Crippen molar-refractivity contribution in [3.8, 4) is 27.3 Å². The van der Waals surface area contributed by atoms with Crippen LogP contribution in [-0.2, 0) is 6.42 Å². The number of thiazole rings is 1. The highest BCUT2D eigenvalue weighted by Gasteiger charge is 2.30. The summed E-state index contributed by atoms with van der Waals surface area (Å²) >= 11 is 0.995. The van der Waals surface area contributed by atoms with Gasteiger partial charge >= 0.3 is 12.1 Å². The molecule has 0 saturated carbocycles. The van der Waals surface area contributed by atoms with E-state index in [1.165, 1.54) is 12.1 Å². The summed E-state index contributed by atoms with van der Waals surface area (Å²) in [5, 5.41) is 18.9. The van der Waals surface area contributed by atoms with Crippen LogP contribution in [0.2, 0.25) is 0 Å². The van der Waals surface area contributed by atoms with Crippen LogP contribution in [0.4, 0.5) is 13.2 Å². The van der Waals surface area contributed by atoms with Crippen LogP contribution < -0.4 is 0 Å². The lowest BCUT2D eigenvalue weighted by Gasteiger charge is -2.07. The lowest BCUT2D eigenvalue weighted by molar-refractivity contribution is -0.127. The van der Waals surface area contributed by atoms with Gasteiger partial charge in [-0.2, -0.15) is 13.2 Å². The molecule has 0 aliphatic rings. The quantitative estimate of drug-likeness (QED) is 0.632. The molecule has 3 aromatic rings. The zero-order valence-corrected chi connectivity index (χ0v) is 14.9. The molecule has 2 N–H and O–H groups in total. The van der Waals surface area contributed by atoms with E-state index in [9.17, 15) is 23.1 Å². The smallest absolute Gasteiger partial charge is 0.395 e. The lowest BCUT2D eigenvalue weighted by atomic mass is 10.0. The SMILES string of the molecule is Cc1nc(CC(F)(F)F)sc1-c1cccc(-c2ccc(C(=O)O)c(O)c2)c1. The van der Waals surface area contributed by atoms with Crippen molar-refractivity contribution >= 4 is 17.3 Å². The molecule has 0 fully saturated rings. The maximum Gasteiger partial charge on any atom is 0.395 e. The average Bonchev–Trinajstić information content (AvgIpc) is 2.93. The molecule has 0 atom stereocenters. The fourth-order valence-electron chi connectivity index (χ4n) is 2.70. The number of aromatic hydroxyl groups is 1. The third-order valence-corrected chi connectivity index (χ3v) is 5.09. The van der Waals surface area contributed by atoms with Gasteiger partial charge in [0.15, 0.2) is 0 Å². The second-order valence-electron chi connectivity index (χ2n) is 5.93.